The summed E-state index contributed by atoms with van der Waals surface area (Å²) in [6.45, 7) is 4.84. The summed E-state index contributed by atoms with van der Waals surface area (Å²) >= 11 is -2.09. The third kappa shape index (κ3) is 7.97. The maximum absolute atomic E-state index is 10.0. The molecule has 1 N–H and O–H groups in total. The molecular weight excluding hydrogens is 162 g/mol. The Morgan fingerprint density at radius 1 is 1.55 bits per heavy atom. The van der Waals surface area contributed by atoms with Gasteiger partial charge in [-0.25, -0.2) is 4.72 Å². The summed E-state index contributed by atoms with van der Waals surface area (Å²) < 4.78 is 22.4. The minimum absolute atomic E-state index is 0.567. The van der Waals surface area contributed by atoms with Crippen molar-refractivity contribution in [2.75, 3.05) is 6.54 Å². The van der Waals surface area contributed by atoms with Gasteiger partial charge in [0.2, 0.25) is 0 Å². The minimum Gasteiger partial charge on any atom is -0.760 e. The zero-order valence-corrected chi connectivity index (χ0v) is 7.95. The molecule has 0 heterocycles. The van der Waals surface area contributed by atoms with Crippen LogP contribution in [0.25, 0.3) is 0 Å². The number of rotatable bonds is 6. The largest absolute Gasteiger partial charge is 0.760 e. The lowest BCUT2D eigenvalue weighted by Crippen LogP contribution is -2.19. The van der Waals surface area contributed by atoms with Crippen molar-refractivity contribution in [1.29, 1.82) is 0 Å². The molecule has 68 valence electrons. The van der Waals surface area contributed by atoms with Gasteiger partial charge in [-0.1, -0.05) is 26.7 Å². The Balaban J connectivity index is 3.16. The summed E-state index contributed by atoms with van der Waals surface area (Å²) in [5.74, 6) is 0.621. The van der Waals surface area contributed by atoms with E-state index in [2.05, 4.69) is 18.6 Å². The van der Waals surface area contributed by atoms with Crippen molar-refractivity contribution >= 4 is 11.3 Å². The van der Waals surface area contributed by atoms with Gasteiger partial charge in [-0.2, -0.15) is 0 Å². The molecule has 0 radical (unpaired) electrons. The highest BCUT2D eigenvalue weighted by molar-refractivity contribution is 7.77. The highest BCUT2D eigenvalue weighted by Crippen LogP contribution is 2.08. The average molecular weight is 178 g/mol. The lowest BCUT2D eigenvalue weighted by molar-refractivity contribution is 0.473. The van der Waals surface area contributed by atoms with Crippen molar-refractivity contribution in [1.82, 2.24) is 4.72 Å². The summed E-state index contributed by atoms with van der Waals surface area (Å²) in [7, 11) is 0. The van der Waals surface area contributed by atoms with Gasteiger partial charge in [-0.15, -0.1) is 0 Å². The van der Waals surface area contributed by atoms with Gasteiger partial charge < -0.3 is 4.55 Å². The van der Waals surface area contributed by atoms with Crippen LogP contribution in [0.4, 0.5) is 0 Å². The molecule has 0 bridgehead atoms. The molecule has 0 saturated heterocycles. The van der Waals surface area contributed by atoms with Crippen molar-refractivity contribution in [3.8, 4) is 0 Å². The molecule has 0 rings (SSSR count). The van der Waals surface area contributed by atoms with Gasteiger partial charge in [-0.3, -0.25) is 4.21 Å². The van der Waals surface area contributed by atoms with E-state index in [1.807, 2.05) is 0 Å². The average Bonchev–Trinajstić information content (AvgIpc) is 1.87. The highest BCUT2D eigenvalue weighted by atomic mass is 32.2. The van der Waals surface area contributed by atoms with Gasteiger partial charge in [0.1, 0.15) is 0 Å². The van der Waals surface area contributed by atoms with E-state index in [0.29, 0.717) is 12.5 Å². The molecule has 0 amide bonds. The Kier molecular flexibility index (Phi) is 6.80. The van der Waals surface area contributed by atoms with Gasteiger partial charge in [0.05, 0.1) is 0 Å². The van der Waals surface area contributed by atoms with E-state index in [1.54, 1.807) is 0 Å². The standard InChI is InChI=1S/C7H17NO2S/c1-3-4-7(2)5-6-8-11(9)10/h7-8H,3-6H2,1-2H3,(H,9,10)/p-1. The van der Waals surface area contributed by atoms with Gasteiger partial charge >= 0.3 is 0 Å². The molecule has 2 unspecified atom stereocenters. The monoisotopic (exact) mass is 178 g/mol. The second-order valence-electron chi connectivity index (χ2n) is 2.81. The van der Waals surface area contributed by atoms with Gasteiger partial charge in [-0.05, 0) is 12.3 Å². The van der Waals surface area contributed by atoms with Crippen LogP contribution in [0, 0.1) is 5.92 Å². The van der Waals surface area contributed by atoms with Crippen molar-refractivity contribution in [2.45, 2.75) is 33.1 Å². The van der Waals surface area contributed by atoms with E-state index in [0.717, 1.165) is 6.42 Å². The zero-order chi connectivity index (χ0) is 8.69. The third-order valence-corrected chi connectivity index (χ3v) is 2.08. The van der Waals surface area contributed by atoms with Crippen molar-refractivity contribution < 1.29 is 8.76 Å². The molecule has 4 heteroatoms. The summed E-state index contributed by atoms with van der Waals surface area (Å²) in [6.07, 6.45) is 3.27. The quantitative estimate of drug-likeness (QED) is 0.621. The Hall–Kier alpha value is 0.0700. The fraction of sp³-hybridized carbons (Fsp3) is 1.00. The molecule has 11 heavy (non-hydrogen) atoms. The van der Waals surface area contributed by atoms with Gasteiger partial charge in [0.25, 0.3) is 0 Å². The summed E-state index contributed by atoms with van der Waals surface area (Å²) in [5, 5.41) is 0. The van der Waals surface area contributed by atoms with Crippen LogP contribution in [0.3, 0.4) is 0 Å². The van der Waals surface area contributed by atoms with E-state index in [1.165, 1.54) is 12.8 Å². The first kappa shape index (κ1) is 11.1. The van der Waals surface area contributed by atoms with Crippen LogP contribution >= 0.6 is 0 Å². The summed E-state index contributed by atoms with van der Waals surface area (Å²) in [4.78, 5) is 0. The van der Waals surface area contributed by atoms with Crippen LogP contribution in [0.15, 0.2) is 0 Å². The SMILES string of the molecule is CCCC(C)CCNS(=O)[O-]. The predicted octanol–water partition coefficient (Wildman–Crippen LogP) is 1.20. The van der Waals surface area contributed by atoms with Crippen LogP contribution in [0.5, 0.6) is 0 Å². The van der Waals surface area contributed by atoms with Crippen LogP contribution in [-0.2, 0) is 11.3 Å². The Bertz CT molecular complexity index is 119. The maximum Gasteiger partial charge on any atom is 0.0181 e. The van der Waals surface area contributed by atoms with Crippen LogP contribution in [0.2, 0.25) is 0 Å². The molecule has 2 atom stereocenters. The molecule has 0 aliphatic rings. The lowest BCUT2D eigenvalue weighted by atomic mass is 10.0. The van der Waals surface area contributed by atoms with Gasteiger partial charge in [0.15, 0.2) is 0 Å². The summed E-state index contributed by atoms with van der Waals surface area (Å²) in [6, 6.07) is 0. The Morgan fingerprint density at radius 3 is 2.64 bits per heavy atom. The normalized spacial score (nSPS) is 16.3. The minimum atomic E-state index is -2.09. The highest BCUT2D eigenvalue weighted by Gasteiger charge is 1.98. The van der Waals surface area contributed by atoms with Gasteiger partial charge in [0, 0.05) is 17.8 Å². The molecule has 3 nitrogen and oxygen atoms in total. The smallest absolute Gasteiger partial charge is 0.0181 e. The van der Waals surface area contributed by atoms with E-state index in [9.17, 15) is 8.76 Å². The second kappa shape index (κ2) is 6.76. The van der Waals surface area contributed by atoms with E-state index in [4.69, 9.17) is 0 Å². The lowest BCUT2D eigenvalue weighted by Gasteiger charge is -2.11. The number of hydrogen-bond donors (Lipinski definition) is 1. The van der Waals surface area contributed by atoms with E-state index < -0.39 is 11.3 Å². The van der Waals surface area contributed by atoms with Crippen LogP contribution < -0.4 is 4.72 Å². The molecule has 0 aromatic heterocycles. The van der Waals surface area contributed by atoms with Crippen molar-refractivity contribution in [3.63, 3.8) is 0 Å². The van der Waals surface area contributed by atoms with Crippen molar-refractivity contribution in [2.24, 2.45) is 5.92 Å². The zero-order valence-electron chi connectivity index (χ0n) is 7.13. The fourth-order valence-electron chi connectivity index (χ4n) is 1.03. The number of hydrogen-bond acceptors (Lipinski definition) is 2. The predicted molar refractivity (Wildman–Crippen MR) is 45.6 cm³/mol. The molecule has 0 aromatic rings. The molecular formula is C7H16NO2S-. The molecule has 0 aliphatic carbocycles. The first-order valence-corrected chi connectivity index (χ1v) is 5.07. The molecule has 0 saturated carbocycles. The fourth-order valence-corrected chi connectivity index (χ4v) is 1.31. The van der Waals surface area contributed by atoms with Crippen LogP contribution in [-0.4, -0.2) is 15.3 Å². The molecule has 0 fully saturated rings. The topological polar surface area (TPSA) is 52.2 Å². The van der Waals surface area contributed by atoms with Crippen molar-refractivity contribution in [3.05, 3.63) is 0 Å². The molecule has 0 spiro atoms. The third-order valence-electron chi connectivity index (χ3n) is 1.64. The first-order chi connectivity index (χ1) is 5.16. The Morgan fingerprint density at radius 2 is 2.18 bits per heavy atom. The van der Waals surface area contributed by atoms with E-state index >= 15 is 0 Å². The first-order valence-electron chi connectivity index (χ1n) is 3.99. The second-order valence-corrected chi connectivity index (χ2v) is 3.57. The number of nitrogens with one attached hydrogen (secondary N) is 1. The Labute approximate surface area is 71.0 Å². The molecule has 0 aliphatic heterocycles. The molecule has 0 aromatic carbocycles. The maximum atomic E-state index is 10.0. The van der Waals surface area contributed by atoms with Crippen LogP contribution in [0.1, 0.15) is 33.1 Å². The summed E-state index contributed by atoms with van der Waals surface area (Å²) in [5.41, 5.74) is 0. The van der Waals surface area contributed by atoms with E-state index in [-0.39, 0.29) is 0 Å².